The van der Waals surface area contributed by atoms with Gasteiger partial charge in [-0.2, -0.15) is 0 Å². The number of nitrogens with zero attached hydrogens (tertiary/aromatic N) is 1. The van der Waals surface area contributed by atoms with Crippen molar-refractivity contribution in [1.82, 2.24) is 10.3 Å². The molecule has 2 aromatic heterocycles. The van der Waals surface area contributed by atoms with Gasteiger partial charge in [0.25, 0.3) is 5.91 Å². The van der Waals surface area contributed by atoms with Crippen LogP contribution in [0.15, 0.2) is 63.4 Å². The van der Waals surface area contributed by atoms with Crippen LogP contribution in [0.5, 0.6) is 5.75 Å². The van der Waals surface area contributed by atoms with Crippen LogP contribution in [0.2, 0.25) is 10.0 Å². The van der Waals surface area contributed by atoms with E-state index in [-0.39, 0.29) is 18.3 Å². The summed E-state index contributed by atoms with van der Waals surface area (Å²) in [6.45, 7) is 1.91. The Morgan fingerprint density at radius 2 is 1.97 bits per heavy atom. The van der Waals surface area contributed by atoms with Crippen LogP contribution in [0.1, 0.15) is 35.2 Å². The number of oxazole rings is 1. The zero-order valence-corrected chi connectivity index (χ0v) is 16.8. The molecule has 4 aromatic rings. The lowest BCUT2D eigenvalue weighted by molar-refractivity contribution is 0.0902. The van der Waals surface area contributed by atoms with Crippen molar-refractivity contribution >= 4 is 40.2 Å². The Kier molecular flexibility index (Phi) is 5.47. The van der Waals surface area contributed by atoms with Crippen LogP contribution in [0.3, 0.4) is 0 Å². The zero-order valence-electron chi connectivity index (χ0n) is 15.3. The molecule has 1 amide bonds. The summed E-state index contributed by atoms with van der Waals surface area (Å²) < 4.78 is 16.9. The number of carbonyl (C=O) groups excluding carboxylic acids is 1. The predicted molar refractivity (Wildman–Crippen MR) is 109 cm³/mol. The molecule has 1 N–H and O–H groups in total. The zero-order chi connectivity index (χ0) is 20.4. The first kappa shape index (κ1) is 19.4. The van der Waals surface area contributed by atoms with Crippen molar-refractivity contribution < 1.29 is 18.4 Å². The van der Waals surface area contributed by atoms with Crippen LogP contribution in [0.4, 0.5) is 0 Å². The molecule has 1 atom stereocenters. The second kappa shape index (κ2) is 8.19. The molecule has 0 radical (unpaired) electrons. The van der Waals surface area contributed by atoms with Crippen molar-refractivity contribution in [3.8, 4) is 5.75 Å². The van der Waals surface area contributed by atoms with Gasteiger partial charge in [-0.3, -0.25) is 4.79 Å². The molecule has 0 bridgehead atoms. The number of amides is 1. The van der Waals surface area contributed by atoms with Gasteiger partial charge in [0.05, 0.1) is 5.02 Å². The first-order chi connectivity index (χ1) is 14.0. The molecule has 4 rings (SSSR count). The summed E-state index contributed by atoms with van der Waals surface area (Å²) in [5.41, 5.74) is 1.41. The van der Waals surface area contributed by atoms with Crippen LogP contribution in [-0.2, 0) is 6.61 Å². The Bertz CT molecular complexity index is 1140. The number of aromatic nitrogens is 1. The van der Waals surface area contributed by atoms with E-state index in [0.717, 1.165) is 5.52 Å². The number of halogens is 2. The van der Waals surface area contributed by atoms with Gasteiger partial charge in [-0.25, -0.2) is 4.98 Å². The SMILES string of the molecule is CC(NC(=O)c1ccc(COc2ccc(Cl)cc2Cl)o1)c1nc2ccccc2o1. The van der Waals surface area contributed by atoms with E-state index in [1.165, 1.54) is 0 Å². The van der Waals surface area contributed by atoms with Gasteiger partial charge >= 0.3 is 0 Å². The van der Waals surface area contributed by atoms with E-state index in [2.05, 4.69) is 10.3 Å². The van der Waals surface area contributed by atoms with Crippen molar-refractivity contribution in [3.05, 3.63) is 82.1 Å². The number of nitrogens with one attached hydrogen (secondary N) is 1. The Morgan fingerprint density at radius 1 is 1.14 bits per heavy atom. The summed E-state index contributed by atoms with van der Waals surface area (Å²) in [4.78, 5) is 16.9. The van der Waals surface area contributed by atoms with E-state index in [4.69, 9.17) is 36.8 Å². The van der Waals surface area contributed by atoms with Crippen LogP contribution < -0.4 is 10.1 Å². The van der Waals surface area contributed by atoms with Crippen LogP contribution in [-0.4, -0.2) is 10.9 Å². The lowest BCUT2D eigenvalue weighted by Gasteiger charge is -2.09. The Hall–Kier alpha value is -2.96. The minimum absolute atomic E-state index is 0.120. The highest BCUT2D eigenvalue weighted by atomic mass is 35.5. The molecule has 0 aliphatic carbocycles. The monoisotopic (exact) mass is 430 g/mol. The quantitative estimate of drug-likeness (QED) is 0.418. The van der Waals surface area contributed by atoms with Gasteiger partial charge in [0.2, 0.25) is 5.89 Å². The molecular weight excluding hydrogens is 415 g/mol. The Labute approximate surface area is 176 Å². The number of rotatable bonds is 6. The summed E-state index contributed by atoms with van der Waals surface area (Å²) >= 11 is 11.9. The minimum Gasteiger partial charge on any atom is -0.484 e. The summed E-state index contributed by atoms with van der Waals surface area (Å²) in [5, 5.41) is 3.73. The van der Waals surface area contributed by atoms with Gasteiger partial charge in [0, 0.05) is 5.02 Å². The van der Waals surface area contributed by atoms with Crippen molar-refractivity contribution in [1.29, 1.82) is 0 Å². The van der Waals surface area contributed by atoms with Gasteiger partial charge in [0.1, 0.15) is 29.7 Å². The molecule has 2 heterocycles. The molecule has 29 heavy (non-hydrogen) atoms. The van der Waals surface area contributed by atoms with E-state index < -0.39 is 6.04 Å². The number of benzene rings is 2. The first-order valence-corrected chi connectivity index (χ1v) is 9.58. The van der Waals surface area contributed by atoms with E-state index in [9.17, 15) is 4.79 Å². The molecule has 6 nitrogen and oxygen atoms in total. The molecule has 0 saturated heterocycles. The number of fused-ring (bicyclic) bond motifs is 1. The van der Waals surface area contributed by atoms with E-state index in [1.807, 2.05) is 24.3 Å². The Morgan fingerprint density at radius 3 is 2.76 bits per heavy atom. The molecule has 0 aliphatic rings. The third-order valence-corrected chi connectivity index (χ3v) is 4.71. The fourth-order valence-corrected chi connectivity index (χ4v) is 3.19. The molecule has 8 heteroatoms. The van der Waals surface area contributed by atoms with E-state index in [1.54, 1.807) is 37.3 Å². The molecule has 0 fully saturated rings. The smallest absolute Gasteiger partial charge is 0.287 e. The molecule has 0 aliphatic heterocycles. The molecule has 0 saturated carbocycles. The molecule has 0 spiro atoms. The molecule has 148 valence electrons. The lowest BCUT2D eigenvalue weighted by atomic mass is 10.3. The highest BCUT2D eigenvalue weighted by Gasteiger charge is 2.19. The lowest BCUT2D eigenvalue weighted by Crippen LogP contribution is -2.26. The summed E-state index contributed by atoms with van der Waals surface area (Å²) in [6, 6.07) is 15.2. The van der Waals surface area contributed by atoms with Gasteiger partial charge in [0.15, 0.2) is 11.3 Å². The van der Waals surface area contributed by atoms with Crippen molar-refractivity contribution in [2.75, 3.05) is 0 Å². The van der Waals surface area contributed by atoms with E-state index in [0.29, 0.717) is 33.0 Å². The normalized spacial score (nSPS) is 12.1. The summed E-state index contributed by atoms with van der Waals surface area (Å²) in [7, 11) is 0. The number of carbonyl (C=O) groups is 1. The third kappa shape index (κ3) is 4.39. The first-order valence-electron chi connectivity index (χ1n) is 8.82. The second-order valence-corrected chi connectivity index (χ2v) is 7.19. The van der Waals surface area contributed by atoms with Crippen LogP contribution >= 0.6 is 23.2 Å². The average Bonchev–Trinajstić information content (AvgIpc) is 3.34. The highest BCUT2D eigenvalue weighted by molar-refractivity contribution is 6.35. The second-order valence-electron chi connectivity index (χ2n) is 6.34. The third-order valence-electron chi connectivity index (χ3n) is 4.18. The number of hydrogen-bond acceptors (Lipinski definition) is 5. The maximum absolute atomic E-state index is 12.5. The maximum Gasteiger partial charge on any atom is 0.287 e. The van der Waals surface area contributed by atoms with Crippen LogP contribution in [0.25, 0.3) is 11.1 Å². The highest BCUT2D eigenvalue weighted by Crippen LogP contribution is 2.28. The van der Waals surface area contributed by atoms with E-state index >= 15 is 0 Å². The van der Waals surface area contributed by atoms with Gasteiger partial charge < -0.3 is 18.9 Å². The van der Waals surface area contributed by atoms with Crippen LogP contribution in [0, 0.1) is 0 Å². The van der Waals surface area contributed by atoms with Gasteiger partial charge in [-0.15, -0.1) is 0 Å². The fraction of sp³-hybridized carbons (Fsp3) is 0.143. The topological polar surface area (TPSA) is 77.5 Å². The average molecular weight is 431 g/mol. The largest absolute Gasteiger partial charge is 0.484 e. The minimum atomic E-state index is -0.424. The number of para-hydroxylation sites is 2. The maximum atomic E-state index is 12.5. The van der Waals surface area contributed by atoms with Crippen molar-refractivity contribution in [3.63, 3.8) is 0 Å². The molecule has 1 unspecified atom stereocenters. The van der Waals surface area contributed by atoms with Crippen molar-refractivity contribution in [2.45, 2.75) is 19.6 Å². The fourth-order valence-electron chi connectivity index (χ4n) is 2.72. The number of furan rings is 1. The van der Waals surface area contributed by atoms with Crippen molar-refractivity contribution in [2.24, 2.45) is 0 Å². The predicted octanol–water partition coefficient (Wildman–Crippen LogP) is 5.80. The van der Waals surface area contributed by atoms with Gasteiger partial charge in [-0.05, 0) is 49.4 Å². The summed E-state index contributed by atoms with van der Waals surface area (Å²) in [5.74, 6) is 1.16. The molecule has 2 aromatic carbocycles. The number of ether oxygens (including phenoxy) is 1. The standard InChI is InChI=1S/C21H16Cl2N2O4/c1-12(21-25-16-4-2-3-5-18(16)29-21)24-20(26)19-9-7-14(28-19)11-27-17-8-6-13(22)10-15(17)23/h2-10,12H,11H2,1H3,(H,24,26). The summed E-state index contributed by atoms with van der Waals surface area (Å²) in [6.07, 6.45) is 0. The van der Waals surface area contributed by atoms with Gasteiger partial charge in [-0.1, -0.05) is 35.3 Å². The number of hydrogen-bond donors (Lipinski definition) is 1. The Balaban J connectivity index is 1.38. The molecular formula is C21H16Cl2N2O4.